The van der Waals surface area contributed by atoms with E-state index in [4.69, 9.17) is 0 Å². The number of benzene rings is 2. The number of nitrogens with zero attached hydrogens (tertiary/aromatic N) is 1. The SMILES string of the molecule is O=C(CN(C1CCCCC1)S(=O)(=O)c1ccc(F)cc1)Nc1ccccc1. The van der Waals surface area contributed by atoms with Crippen LogP contribution in [-0.2, 0) is 14.8 Å². The average Bonchev–Trinajstić information content (AvgIpc) is 2.68. The summed E-state index contributed by atoms with van der Waals surface area (Å²) in [6.07, 6.45) is 4.37. The molecule has 1 N–H and O–H groups in total. The van der Waals surface area contributed by atoms with Crippen molar-refractivity contribution in [3.8, 4) is 0 Å². The van der Waals surface area contributed by atoms with Crippen LogP contribution in [0.25, 0.3) is 0 Å². The summed E-state index contributed by atoms with van der Waals surface area (Å²) in [6, 6.07) is 13.4. The number of sulfonamides is 1. The minimum absolute atomic E-state index is 0.00184. The maximum Gasteiger partial charge on any atom is 0.243 e. The molecule has 1 aliphatic rings. The second-order valence-corrected chi connectivity index (χ2v) is 8.60. The number of carbonyl (C=O) groups excluding carboxylic acids is 1. The van der Waals surface area contributed by atoms with Crippen molar-refractivity contribution in [1.29, 1.82) is 0 Å². The van der Waals surface area contributed by atoms with Crippen LogP contribution in [0.1, 0.15) is 32.1 Å². The normalized spacial score (nSPS) is 15.6. The van der Waals surface area contributed by atoms with Crippen molar-refractivity contribution < 1.29 is 17.6 Å². The van der Waals surface area contributed by atoms with Gasteiger partial charge in [0.05, 0.1) is 11.4 Å². The average molecular weight is 390 g/mol. The third kappa shape index (κ3) is 4.93. The summed E-state index contributed by atoms with van der Waals surface area (Å²) < 4.78 is 40.8. The Morgan fingerprint density at radius 1 is 1.00 bits per heavy atom. The number of amides is 1. The van der Waals surface area contributed by atoms with E-state index >= 15 is 0 Å². The van der Waals surface area contributed by atoms with Crippen LogP contribution in [0.4, 0.5) is 10.1 Å². The first kappa shape index (κ1) is 19.5. The predicted octanol–water partition coefficient (Wildman–Crippen LogP) is 3.79. The van der Waals surface area contributed by atoms with Crippen LogP contribution in [0.15, 0.2) is 59.5 Å². The first-order valence-corrected chi connectivity index (χ1v) is 10.5. The Kier molecular flexibility index (Phi) is 6.23. The van der Waals surface area contributed by atoms with E-state index in [2.05, 4.69) is 5.32 Å². The van der Waals surface area contributed by atoms with Gasteiger partial charge in [-0.2, -0.15) is 4.31 Å². The fraction of sp³-hybridized carbons (Fsp3) is 0.350. The van der Waals surface area contributed by atoms with E-state index in [-0.39, 0.29) is 17.5 Å². The van der Waals surface area contributed by atoms with E-state index in [9.17, 15) is 17.6 Å². The second-order valence-electron chi connectivity index (χ2n) is 6.71. The first-order chi connectivity index (χ1) is 13.0. The number of rotatable bonds is 6. The predicted molar refractivity (Wildman–Crippen MR) is 102 cm³/mol. The van der Waals surface area contributed by atoms with Crippen molar-refractivity contribution in [3.63, 3.8) is 0 Å². The number of para-hydroxylation sites is 1. The van der Waals surface area contributed by atoms with Gasteiger partial charge in [0.1, 0.15) is 5.82 Å². The number of hydrogen-bond acceptors (Lipinski definition) is 3. The molecular weight excluding hydrogens is 367 g/mol. The lowest BCUT2D eigenvalue weighted by molar-refractivity contribution is -0.116. The number of anilines is 1. The molecule has 0 unspecified atom stereocenters. The maximum absolute atomic E-state index is 13.2. The van der Waals surface area contributed by atoms with Crippen LogP contribution in [0.3, 0.4) is 0 Å². The van der Waals surface area contributed by atoms with Crippen LogP contribution >= 0.6 is 0 Å². The van der Waals surface area contributed by atoms with Gasteiger partial charge < -0.3 is 5.32 Å². The molecule has 1 fully saturated rings. The van der Waals surface area contributed by atoms with Gasteiger partial charge >= 0.3 is 0 Å². The highest BCUT2D eigenvalue weighted by atomic mass is 32.2. The third-order valence-electron chi connectivity index (χ3n) is 4.76. The molecule has 0 aliphatic heterocycles. The Labute approximate surface area is 159 Å². The summed E-state index contributed by atoms with van der Waals surface area (Å²) in [5.41, 5.74) is 0.616. The van der Waals surface area contributed by atoms with Gasteiger partial charge in [0.25, 0.3) is 0 Å². The van der Waals surface area contributed by atoms with Crippen LogP contribution in [-0.4, -0.2) is 31.2 Å². The van der Waals surface area contributed by atoms with E-state index < -0.39 is 21.7 Å². The lowest BCUT2D eigenvalue weighted by atomic mass is 9.95. The summed E-state index contributed by atoms with van der Waals surface area (Å²) in [6.45, 7) is -0.265. The summed E-state index contributed by atoms with van der Waals surface area (Å²) in [5.74, 6) is -0.891. The largest absolute Gasteiger partial charge is 0.325 e. The Hall–Kier alpha value is -2.25. The lowest BCUT2D eigenvalue weighted by Gasteiger charge is -2.33. The fourth-order valence-electron chi connectivity index (χ4n) is 3.38. The van der Waals surface area contributed by atoms with E-state index in [1.165, 1.54) is 16.4 Å². The number of hydrogen-bond donors (Lipinski definition) is 1. The van der Waals surface area contributed by atoms with Crippen molar-refractivity contribution in [2.75, 3.05) is 11.9 Å². The van der Waals surface area contributed by atoms with Crippen LogP contribution in [0, 0.1) is 5.82 Å². The molecule has 2 aromatic carbocycles. The fourth-order valence-corrected chi connectivity index (χ4v) is 5.03. The van der Waals surface area contributed by atoms with Gasteiger partial charge in [0.15, 0.2) is 0 Å². The van der Waals surface area contributed by atoms with Gasteiger partial charge in [-0.3, -0.25) is 4.79 Å². The van der Waals surface area contributed by atoms with Gasteiger partial charge in [-0.1, -0.05) is 37.5 Å². The summed E-state index contributed by atoms with van der Waals surface area (Å²) in [7, 11) is -3.90. The van der Waals surface area contributed by atoms with Crippen LogP contribution in [0.2, 0.25) is 0 Å². The molecule has 0 aromatic heterocycles. The van der Waals surface area contributed by atoms with Gasteiger partial charge in [-0.15, -0.1) is 0 Å². The molecule has 0 radical (unpaired) electrons. The minimum atomic E-state index is -3.90. The third-order valence-corrected chi connectivity index (χ3v) is 6.67. The Bertz CT molecular complexity index is 864. The molecule has 0 atom stereocenters. The molecule has 0 bridgehead atoms. The standard InChI is InChI=1S/C20H23FN2O3S/c21-16-11-13-19(14-12-16)27(25,26)23(18-9-5-2-6-10-18)15-20(24)22-17-7-3-1-4-8-17/h1,3-4,7-8,11-14,18H,2,5-6,9-10,15H2,(H,22,24). The Balaban J connectivity index is 1.84. The second kappa shape index (κ2) is 8.63. The highest BCUT2D eigenvalue weighted by molar-refractivity contribution is 7.89. The summed E-state index contributed by atoms with van der Waals surface area (Å²) in [5, 5.41) is 2.74. The molecular formula is C20H23FN2O3S. The highest BCUT2D eigenvalue weighted by Crippen LogP contribution is 2.28. The molecule has 3 rings (SSSR count). The van der Waals surface area contributed by atoms with Gasteiger partial charge in [0.2, 0.25) is 15.9 Å². The van der Waals surface area contributed by atoms with Crippen molar-refractivity contribution in [1.82, 2.24) is 4.31 Å². The van der Waals surface area contributed by atoms with Crippen LogP contribution in [0.5, 0.6) is 0 Å². The topological polar surface area (TPSA) is 66.5 Å². The first-order valence-electron chi connectivity index (χ1n) is 9.09. The van der Waals surface area contributed by atoms with E-state index in [0.717, 1.165) is 44.2 Å². The Morgan fingerprint density at radius 2 is 1.63 bits per heavy atom. The van der Waals surface area contributed by atoms with E-state index in [1.807, 2.05) is 6.07 Å². The van der Waals surface area contributed by atoms with Crippen molar-refractivity contribution in [2.45, 2.75) is 43.0 Å². The van der Waals surface area contributed by atoms with Crippen LogP contribution < -0.4 is 5.32 Å². The highest BCUT2D eigenvalue weighted by Gasteiger charge is 2.34. The lowest BCUT2D eigenvalue weighted by Crippen LogP contribution is -2.45. The van der Waals surface area contributed by atoms with Crippen molar-refractivity contribution >= 4 is 21.6 Å². The number of carbonyl (C=O) groups is 1. The molecule has 0 saturated heterocycles. The molecule has 2 aromatic rings. The Morgan fingerprint density at radius 3 is 2.26 bits per heavy atom. The zero-order valence-electron chi connectivity index (χ0n) is 15.0. The van der Waals surface area contributed by atoms with Gasteiger partial charge in [-0.25, -0.2) is 12.8 Å². The van der Waals surface area contributed by atoms with E-state index in [0.29, 0.717) is 5.69 Å². The monoisotopic (exact) mass is 390 g/mol. The molecule has 5 nitrogen and oxygen atoms in total. The molecule has 0 heterocycles. The zero-order chi connectivity index (χ0) is 19.3. The maximum atomic E-state index is 13.2. The zero-order valence-corrected chi connectivity index (χ0v) is 15.8. The molecule has 1 saturated carbocycles. The molecule has 144 valence electrons. The smallest absolute Gasteiger partial charge is 0.243 e. The van der Waals surface area contributed by atoms with Gasteiger partial charge in [0, 0.05) is 11.7 Å². The molecule has 7 heteroatoms. The minimum Gasteiger partial charge on any atom is -0.325 e. The summed E-state index contributed by atoms with van der Waals surface area (Å²) >= 11 is 0. The van der Waals surface area contributed by atoms with E-state index in [1.54, 1.807) is 24.3 Å². The number of halogens is 1. The van der Waals surface area contributed by atoms with Crippen molar-refractivity contribution in [2.24, 2.45) is 0 Å². The van der Waals surface area contributed by atoms with Gasteiger partial charge in [-0.05, 0) is 49.2 Å². The summed E-state index contributed by atoms with van der Waals surface area (Å²) in [4.78, 5) is 12.5. The molecule has 1 amide bonds. The molecule has 0 spiro atoms. The van der Waals surface area contributed by atoms with Crippen molar-refractivity contribution in [3.05, 3.63) is 60.4 Å². The number of nitrogens with one attached hydrogen (secondary N) is 1. The molecule has 27 heavy (non-hydrogen) atoms. The quantitative estimate of drug-likeness (QED) is 0.816. The molecule has 1 aliphatic carbocycles.